The summed E-state index contributed by atoms with van der Waals surface area (Å²) >= 11 is 0. The van der Waals surface area contributed by atoms with E-state index in [4.69, 9.17) is 23.7 Å². The molecule has 6 saturated carbocycles. The van der Waals surface area contributed by atoms with Gasteiger partial charge in [0.15, 0.2) is 11.6 Å². The zero-order chi connectivity index (χ0) is 63.6. The number of benzene rings is 2. The number of carboxylic acids is 1. The van der Waals surface area contributed by atoms with E-state index in [1.165, 1.54) is 45.2 Å². The first-order valence-corrected chi connectivity index (χ1v) is 30.4. The molecular weight excluding hydrogens is 1160 g/mol. The van der Waals surface area contributed by atoms with Crippen LogP contribution in [-0.4, -0.2) is 129 Å². The van der Waals surface area contributed by atoms with Crippen LogP contribution in [0.5, 0.6) is 0 Å². The Balaban J connectivity index is 0.000000180. The summed E-state index contributed by atoms with van der Waals surface area (Å²) in [5.41, 5.74) is -8.51. The standard InChI is InChI=1S/C33H41F5O6.C32H39F5O6/c1-27(2)17-43-30(44-18-27)13-10-24-25-21(9-12-29(24,40)16-30)23-11-14-31(41,32(34,35)33(36,37)38)28(23,3)15-22(25)19-5-7-20(8-6-19)26(39)42-4;1-26(2)16-42-29(43-17-26)12-9-23-24-20(8-11-28(23,40)15-29)22-10-13-30(41,31(33,34)32(35,36)37)27(22,3)14-21(24)18-4-6-19(7-5-18)25(38)39/h5-8,21-23,40-41H,9-18H2,1-4H3;4-7,20-22,40-41H,8-17H2,1-3H3,(H,38,39)/t21?,22-,23?,28+,29-,31+;20?,21-,22?,27+,28-,30+/m11/s1. The number of aliphatic hydroxyl groups is 4. The van der Waals surface area contributed by atoms with Crippen molar-refractivity contribution >= 4 is 11.9 Å². The number of ether oxygens (including phenoxy) is 5. The third kappa shape index (κ3) is 9.88. The maximum absolute atomic E-state index is 15.3. The van der Waals surface area contributed by atoms with E-state index in [0.717, 1.165) is 22.3 Å². The van der Waals surface area contributed by atoms with Crippen LogP contribution in [0, 0.1) is 45.3 Å². The molecule has 4 unspecified atom stereocenters. The van der Waals surface area contributed by atoms with Gasteiger partial charge in [0.25, 0.3) is 0 Å². The van der Waals surface area contributed by atoms with Crippen LogP contribution >= 0.6 is 0 Å². The fourth-order valence-corrected chi connectivity index (χ4v) is 18.4. The molecule has 87 heavy (non-hydrogen) atoms. The van der Waals surface area contributed by atoms with Gasteiger partial charge in [0.05, 0.1) is 55.9 Å². The van der Waals surface area contributed by atoms with Crippen LogP contribution in [0.2, 0.25) is 0 Å². The summed E-state index contributed by atoms with van der Waals surface area (Å²) in [6.45, 7) is 12.7. The second kappa shape index (κ2) is 20.7. The van der Waals surface area contributed by atoms with Crippen LogP contribution in [0.4, 0.5) is 43.9 Å². The summed E-state index contributed by atoms with van der Waals surface area (Å²) in [6.07, 6.45) is -10.2. The molecule has 0 amide bonds. The van der Waals surface area contributed by atoms with Crippen LogP contribution in [0.3, 0.4) is 0 Å². The maximum atomic E-state index is 15.3. The van der Waals surface area contributed by atoms with Gasteiger partial charge in [-0.05, 0) is 147 Å². The number of halogens is 10. The molecular formula is C65H80F10O12. The lowest BCUT2D eigenvalue weighted by Crippen LogP contribution is -2.65. The Hall–Kier alpha value is -4.16. The van der Waals surface area contributed by atoms with Crippen molar-refractivity contribution in [1.29, 1.82) is 0 Å². The van der Waals surface area contributed by atoms with Crippen LogP contribution in [0.15, 0.2) is 70.8 Å². The average molecular weight is 1240 g/mol. The van der Waals surface area contributed by atoms with Crippen LogP contribution in [0.1, 0.15) is 188 Å². The summed E-state index contributed by atoms with van der Waals surface area (Å²) in [5, 5.41) is 56.8. The van der Waals surface area contributed by atoms with Gasteiger partial charge in [-0.1, -0.05) is 77.0 Å². The lowest BCUT2D eigenvalue weighted by atomic mass is 9.49. The van der Waals surface area contributed by atoms with E-state index < -0.39 is 129 Å². The smallest absolute Gasteiger partial charge is 0.456 e. The molecule has 8 aliphatic carbocycles. The second-order valence-corrected chi connectivity index (χ2v) is 29.4. The molecule has 12 atom stereocenters. The van der Waals surface area contributed by atoms with Crippen LogP contribution < -0.4 is 0 Å². The van der Waals surface area contributed by atoms with Crippen LogP contribution in [0.25, 0.3) is 0 Å². The Morgan fingerprint density at radius 1 is 0.506 bits per heavy atom. The predicted octanol–water partition coefficient (Wildman–Crippen LogP) is 13.3. The number of carbonyl (C=O) groups is 2. The normalized spacial score (nSPS) is 38.4. The summed E-state index contributed by atoms with van der Waals surface area (Å²) in [4.78, 5) is 23.7. The third-order valence-corrected chi connectivity index (χ3v) is 23.1. The van der Waals surface area contributed by atoms with E-state index in [1.807, 2.05) is 27.7 Å². The molecule has 2 heterocycles. The molecule has 22 heteroatoms. The molecule has 12 nitrogen and oxygen atoms in total. The van der Waals surface area contributed by atoms with E-state index in [1.54, 1.807) is 24.3 Å². The number of hydrogen-bond donors (Lipinski definition) is 5. The van der Waals surface area contributed by atoms with Gasteiger partial charge >= 0.3 is 36.1 Å². The highest BCUT2D eigenvalue weighted by Crippen LogP contribution is 2.74. The number of hydrogen-bond acceptors (Lipinski definition) is 11. The summed E-state index contributed by atoms with van der Waals surface area (Å²) < 4.78 is 174. The average Bonchev–Trinajstić information content (AvgIpc) is 1.65. The lowest BCUT2D eigenvalue weighted by molar-refractivity contribution is -0.362. The van der Waals surface area contributed by atoms with Crippen molar-refractivity contribution in [3.63, 3.8) is 0 Å². The first kappa shape index (κ1) is 64.4. The van der Waals surface area contributed by atoms with Crippen LogP contribution in [-0.2, 0) is 23.7 Å². The topological polar surface area (TPSA) is 181 Å². The zero-order valence-corrected chi connectivity index (χ0v) is 50.1. The molecule has 0 radical (unpaired) electrons. The molecule has 2 aromatic rings. The molecule has 0 bridgehead atoms. The highest BCUT2D eigenvalue weighted by molar-refractivity contribution is 5.89. The predicted molar refractivity (Wildman–Crippen MR) is 293 cm³/mol. The summed E-state index contributed by atoms with van der Waals surface area (Å²) in [5.74, 6) is -17.8. The molecule has 12 rings (SSSR count). The van der Waals surface area contributed by atoms with Gasteiger partial charge in [-0.3, -0.25) is 0 Å². The lowest BCUT2D eigenvalue weighted by Gasteiger charge is -2.59. The Kier molecular flexibility index (Phi) is 15.3. The minimum Gasteiger partial charge on any atom is -0.478 e. The van der Waals surface area contributed by atoms with Crippen molar-refractivity contribution in [2.45, 2.75) is 214 Å². The largest absolute Gasteiger partial charge is 0.478 e. The molecule has 482 valence electrons. The van der Waals surface area contributed by atoms with Crippen molar-refractivity contribution < 1.29 is 103 Å². The maximum Gasteiger partial charge on any atom is 0.456 e. The van der Waals surface area contributed by atoms with E-state index in [2.05, 4.69) is 0 Å². The van der Waals surface area contributed by atoms with Gasteiger partial charge in [-0.15, -0.1) is 0 Å². The molecule has 2 spiro atoms. The van der Waals surface area contributed by atoms with Gasteiger partial charge in [0.2, 0.25) is 0 Å². The van der Waals surface area contributed by atoms with Crippen molar-refractivity contribution in [2.24, 2.45) is 45.3 Å². The molecule has 2 aromatic carbocycles. The van der Waals surface area contributed by atoms with Gasteiger partial charge in [-0.2, -0.15) is 43.9 Å². The molecule has 2 aliphatic heterocycles. The van der Waals surface area contributed by atoms with Crippen molar-refractivity contribution in [1.82, 2.24) is 0 Å². The Morgan fingerprint density at radius 2 is 0.851 bits per heavy atom. The SMILES string of the molecule is CC1(C)COC2(CCC3=C4C(CC[C@@]3(O)C2)C2CC[C@@](O)(C(F)(F)C(F)(F)F)[C@@]2(C)C[C@@H]4c2ccc(C(=O)O)cc2)OC1.COC(=O)c1ccc([C@H]2C[C@@]3(C)C(CC[C@@]3(O)C(F)(F)C(F)(F)F)C3CC[C@@]4(O)CC5(CCC4=C32)OCC(C)(C)CO5)cc1. The molecule has 8 fully saturated rings. The number of fused-ring (bicyclic) bond motifs is 8. The quantitative estimate of drug-likeness (QED) is 0.105. The Bertz CT molecular complexity index is 3080. The monoisotopic (exact) mass is 1240 g/mol. The minimum absolute atomic E-state index is 0.00550. The van der Waals surface area contributed by atoms with Gasteiger partial charge in [0.1, 0.15) is 11.2 Å². The van der Waals surface area contributed by atoms with Crippen molar-refractivity contribution in [3.8, 4) is 0 Å². The highest BCUT2D eigenvalue weighted by Gasteiger charge is 2.81. The van der Waals surface area contributed by atoms with E-state index in [-0.39, 0.29) is 73.3 Å². The van der Waals surface area contributed by atoms with Gasteiger partial charge in [0, 0.05) is 59.2 Å². The molecule has 2 saturated heterocycles. The first-order chi connectivity index (χ1) is 40.1. The zero-order valence-electron chi connectivity index (χ0n) is 50.1. The van der Waals surface area contributed by atoms with Gasteiger partial charge in [-0.25, -0.2) is 9.59 Å². The number of esters is 1. The number of aromatic carboxylic acids is 1. The minimum atomic E-state index is -5.93. The second-order valence-electron chi connectivity index (χ2n) is 29.4. The molecule has 10 aliphatic rings. The number of rotatable bonds is 6. The number of methoxy groups -OCH3 is 1. The fraction of sp³-hybridized carbons (Fsp3) is 0.723. The summed E-state index contributed by atoms with van der Waals surface area (Å²) in [7, 11) is 1.25. The fourth-order valence-electron chi connectivity index (χ4n) is 18.4. The first-order valence-electron chi connectivity index (χ1n) is 30.4. The number of carboxylic acid groups (broad SMARTS) is 1. The third-order valence-electron chi connectivity index (χ3n) is 23.1. The number of alkyl halides is 10. The van der Waals surface area contributed by atoms with Gasteiger partial charge < -0.3 is 49.2 Å². The molecule has 5 N–H and O–H groups in total. The van der Waals surface area contributed by atoms with Crippen molar-refractivity contribution in [2.75, 3.05) is 33.5 Å². The number of allylic oxidation sites excluding steroid dienone is 2. The highest BCUT2D eigenvalue weighted by atomic mass is 19.4. The summed E-state index contributed by atoms with van der Waals surface area (Å²) in [6, 6.07) is 12.3. The van der Waals surface area contributed by atoms with E-state index in [0.29, 0.717) is 76.1 Å². The number of carbonyl (C=O) groups excluding carboxylic acids is 1. The Morgan fingerprint density at radius 3 is 1.17 bits per heavy atom. The van der Waals surface area contributed by atoms with E-state index in [9.17, 15) is 61.5 Å². The van der Waals surface area contributed by atoms with Crippen molar-refractivity contribution in [3.05, 3.63) is 93.1 Å². The Labute approximate surface area is 499 Å². The van der Waals surface area contributed by atoms with E-state index >= 15 is 17.6 Å². The molecule has 0 aromatic heterocycles.